The number of anilines is 2. The van der Waals surface area contributed by atoms with Crippen molar-refractivity contribution in [3.05, 3.63) is 78.2 Å². The molecule has 0 aliphatic heterocycles. The van der Waals surface area contributed by atoms with Gasteiger partial charge in [0, 0.05) is 18.9 Å². The molecular formula is C20H22N4O2S. The number of sulfonamides is 1. The smallest absolute Gasteiger partial charge is 0.261 e. The minimum absolute atomic E-state index is 0.229. The van der Waals surface area contributed by atoms with Gasteiger partial charge in [0.25, 0.3) is 10.0 Å². The molecule has 3 aromatic rings. The molecule has 140 valence electrons. The number of aromatic nitrogens is 2. The molecule has 0 atom stereocenters. The Morgan fingerprint density at radius 3 is 2.26 bits per heavy atom. The highest BCUT2D eigenvalue weighted by Gasteiger charge is 2.14. The third kappa shape index (κ3) is 5.04. The van der Waals surface area contributed by atoms with Crippen LogP contribution in [0.5, 0.6) is 0 Å². The van der Waals surface area contributed by atoms with Gasteiger partial charge in [-0.2, -0.15) is 0 Å². The summed E-state index contributed by atoms with van der Waals surface area (Å²) in [4.78, 5) is 8.46. The summed E-state index contributed by atoms with van der Waals surface area (Å²) in [6, 6.07) is 14.2. The van der Waals surface area contributed by atoms with E-state index in [0.717, 1.165) is 11.1 Å². The number of rotatable bonds is 7. The minimum atomic E-state index is -3.64. The average molecular weight is 382 g/mol. The molecule has 0 fully saturated rings. The van der Waals surface area contributed by atoms with Crippen LogP contribution >= 0.6 is 0 Å². The number of benzene rings is 1. The largest absolute Gasteiger partial charge is 0.366 e. The first kappa shape index (κ1) is 18.8. The molecule has 0 unspecified atom stereocenters. The quantitative estimate of drug-likeness (QED) is 0.645. The molecule has 1 aromatic carbocycles. The van der Waals surface area contributed by atoms with Gasteiger partial charge in [0.05, 0.1) is 16.8 Å². The molecule has 0 saturated heterocycles. The Kier molecular flexibility index (Phi) is 5.71. The lowest BCUT2D eigenvalue weighted by molar-refractivity contribution is 0.601. The van der Waals surface area contributed by atoms with Crippen molar-refractivity contribution in [3.63, 3.8) is 0 Å². The highest BCUT2D eigenvalue weighted by Crippen LogP contribution is 2.20. The van der Waals surface area contributed by atoms with Crippen molar-refractivity contribution in [2.45, 2.75) is 31.2 Å². The SMILES string of the molecule is CC(C)c1ccc(S(=O)(=O)Nc2ccc(NCc3ccncc3)nc2)cc1. The molecule has 7 heteroatoms. The fourth-order valence-electron chi connectivity index (χ4n) is 2.50. The van der Waals surface area contributed by atoms with Crippen molar-refractivity contribution in [1.29, 1.82) is 0 Å². The second-order valence-corrected chi connectivity index (χ2v) is 8.15. The molecule has 0 bridgehead atoms. The fourth-order valence-corrected chi connectivity index (χ4v) is 3.54. The summed E-state index contributed by atoms with van der Waals surface area (Å²) in [7, 11) is -3.64. The van der Waals surface area contributed by atoms with E-state index in [-0.39, 0.29) is 4.90 Å². The van der Waals surface area contributed by atoms with Crippen LogP contribution in [-0.4, -0.2) is 18.4 Å². The van der Waals surface area contributed by atoms with E-state index < -0.39 is 10.0 Å². The van der Waals surface area contributed by atoms with E-state index in [1.807, 2.05) is 24.3 Å². The normalized spacial score (nSPS) is 11.4. The van der Waals surface area contributed by atoms with Crippen molar-refractivity contribution < 1.29 is 8.42 Å². The molecule has 0 aliphatic rings. The Morgan fingerprint density at radius 2 is 1.67 bits per heavy atom. The Bertz CT molecular complexity index is 971. The summed E-state index contributed by atoms with van der Waals surface area (Å²) in [5.41, 5.74) is 2.60. The highest BCUT2D eigenvalue weighted by atomic mass is 32.2. The topological polar surface area (TPSA) is 84.0 Å². The Labute approximate surface area is 159 Å². The number of nitrogens with zero attached hydrogens (tertiary/aromatic N) is 2. The van der Waals surface area contributed by atoms with Crippen LogP contribution in [0.3, 0.4) is 0 Å². The lowest BCUT2D eigenvalue weighted by Crippen LogP contribution is -2.13. The van der Waals surface area contributed by atoms with Crippen LogP contribution in [0.2, 0.25) is 0 Å². The second kappa shape index (κ2) is 8.18. The van der Waals surface area contributed by atoms with Gasteiger partial charge < -0.3 is 5.32 Å². The van der Waals surface area contributed by atoms with Gasteiger partial charge in [-0.1, -0.05) is 26.0 Å². The monoisotopic (exact) mass is 382 g/mol. The molecule has 2 N–H and O–H groups in total. The summed E-state index contributed by atoms with van der Waals surface area (Å²) in [5, 5.41) is 3.18. The van der Waals surface area contributed by atoms with Crippen molar-refractivity contribution in [3.8, 4) is 0 Å². The molecular weight excluding hydrogens is 360 g/mol. The zero-order valence-corrected chi connectivity index (χ0v) is 16.1. The van der Waals surface area contributed by atoms with Crippen LogP contribution in [0.25, 0.3) is 0 Å². The molecule has 6 nitrogen and oxygen atoms in total. The van der Waals surface area contributed by atoms with Crippen molar-refractivity contribution >= 4 is 21.5 Å². The Hall–Kier alpha value is -2.93. The highest BCUT2D eigenvalue weighted by molar-refractivity contribution is 7.92. The van der Waals surface area contributed by atoms with Gasteiger partial charge in [-0.25, -0.2) is 13.4 Å². The Morgan fingerprint density at radius 1 is 0.963 bits per heavy atom. The molecule has 2 heterocycles. The van der Waals surface area contributed by atoms with Crippen LogP contribution in [0.4, 0.5) is 11.5 Å². The number of hydrogen-bond donors (Lipinski definition) is 2. The van der Waals surface area contributed by atoms with Gasteiger partial charge in [0.1, 0.15) is 5.82 Å². The first-order chi connectivity index (χ1) is 12.9. The molecule has 27 heavy (non-hydrogen) atoms. The zero-order chi connectivity index (χ0) is 19.3. The van der Waals surface area contributed by atoms with Crippen molar-refractivity contribution in [2.24, 2.45) is 0 Å². The van der Waals surface area contributed by atoms with Crippen molar-refractivity contribution in [1.82, 2.24) is 9.97 Å². The lowest BCUT2D eigenvalue weighted by Gasteiger charge is -2.11. The lowest BCUT2D eigenvalue weighted by atomic mass is 10.0. The maximum atomic E-state index is 12.5. The van der Waals surface area contributed by atoms with Gasteiger partial charge in [0.2, 0.25) is 0 Å². The van der Waals surface area contributed by atoms with E-state index in [4.69, 9.17) is 0 Å². The number of pyridine rings is 2. The van der Waals surface area contributed by atoms with E-state index in [9.17, 15) is 8.42 Å². The first-order valence-corrected chi connectivity index (χ1v) is 10.1. The van der Waals surface area contributed by atoms with Crippen LogP contribution in [-0.2, 0) is 16.6 Å². The number of hydrogen-bond acceptors (Lipinski definition) is 5. The van der Waals surface area contributed by atoms with Gasteiger partial charge in [0.15, 0.2) is 0 Å². The van der Waals surface area contributed by atoms with Gasteiger partial charge in [-0.05, 0) is 53.4 Å². The average Bonchev–Trinajstić information content (AvgIpc) is 2.68. The van der Waals surface area contributed by atoms with E-state index in [1.165, 1.54) is 6.20 Å². The van der Waals surface area contributed by atoms with Crippen LogP contribution in [0.15, 0.2) is 72.0 Å². The van der Waals surface area contributed by atoms with Crippen LogP contribution in [0.1, 0.15) is 30.9 Å². The summed E-state index contributed by atoms with van der Waals surface area (Å²) in [6.45, 7) is 4.75. The molecule has 0 saturated carbocycles. The zero-order valence-electron chi connectivity index (χ0n) is 15.3. The van der Waals surface area contributed by atoms with Crippen molar-refractivity contribution in [2.75, 3.05) is 10.0 Å². The van der Waals surface area contributed by atoms with E-state index in [0.29, 0.717) is 24.0 Å². The minimum Gasteiger partial charge on any atom is -0.366 e. The third-order valence-electron chi connectivity index (χ3n) is 4.10. The predicted octanol–water partition coefficient (Wildman–Crippen LogP) is 4.01. The maximum Gasteiger partial charge on any atom is 0.261 e. The molecule has 0 radical (unpaired) electrons. The van der Waals surface area contributed by atoms with Crippen LogP contribution in [0, 0.1) is 0 Å². The molecule has 0 spiro atoms. The summed E-state index contributed by atoms with van der Waals surface area (Å²) in [5.74, 6) is 1.02. The van der Waals surface area contributed by atoms with Gasteiger partial charge in [-0.15, -0.1) is 0 Å². The molecule has 2 aromatic heterocycles. The maximum absolute atomic E-state index is 12.5. The first-order valence-electron chi connectivity index (χ1n) is 8.66. The second-order valence-electron chi connectivity index (χ2n) is 6.47. The standard InChI is InChI=1S/C20H22N4O2S/c1-15(2)17-3-6-19(7-4-17)27(25,26)24-18-5-8-20(23-14-18)22-13-16-9-11-21-12-10-16/h3-12,14-15,24H,13H2,1-2H3,(H,22,23). The number of nitrogens with one attached hydrogen (secondary N) is 2. The fraction of sp³-hybridized carbons (Fsp3) is 0.200. The van der Waals surface area contributed by atoms with E-state index in [2.05, 4.69) is 33.9 Å². The van der Waals surface area contributed by atoms with Crippen LogP contribution < -0.4 is 10.0 Å². The third-order valence-corrected chi connectivity index (χ3v) is 5.49. The Balaban J connectivity index is 1.64. The van der Waals surface area contributed by atoms with Gasteiger partial charge >= 0.3 is 0 Å². The summed E-state index contributed by atoms with van der Waals surface area (Å²) >= 11 is 0. The molecule has 3 rings (SSSR count). The van der Waals surface area contributed by atoms with E-state index in [1.54, 1.807) is 36.7 Å². The van der Waals surface area contributed by atoms with E-state index >= 15 is 0 Å². The van der Waals surface area contributed by atoms with Gasteiger partial charge in [-0.3, -0.25) is 9.71 Å². The predicted molar refractivity (Wildman–Crippen MR) is 107 cm³/mol. The molecule has 0 amide bonds. The summed E-state index contributed by atoms with van der Waals surface area (Å²) in [6.07, 6.45) is 4.96. The molecule has 0 aliphatic carbocycles. The summed E-state index contributed by atoms with van der Waals surface area (Å²) < 4.78 is 27.6.